The van der Waals surface area contributed by atoms with E-state index in [9.17, 15) is 9.59 Å². The lowest BCUT2D eigenvalue weighted by Crippen LogP contribution is -2.40. The van der Waals surface area contributed by atoms with E-state index >= 15 is 0 Å². The van der Waals surface area contributed by atoms with Gasteiger partial charge in [0.2, 0.25) is 0 Å². The van der Waals surface area contributed by atoms with Gasteiger partial charge in [-0.25, -0.2) is 0 Å². The Hall–Kier alpha value is -2.96. The minimum Gasteiger partial charge on any atom is -0.359 e. The van der Waals surface area contributed by atoms with E-state index in [1.54, 1.807) is 0 Å². The van der Waals surface area contributed by atoms with Crippen LogP contribution in [0.25, 0.3) is 0 Å². The molecule has 0 saturated carbocycles. The molecule has 3 aliphatic rings. The average Bonchev–Trinajstić information content (AvgIpc) is 2.89. The molecule has 6 heteroatoms. The topological polar surface area (TPSA) is 49.4 Å². The van der Waals surface area contributed by atoms with E-state index in [0.717, 1.165) is 67.0 Å². The lowest BCUT2D eigenvalue weighted by Gasteiger charge is -2.46. The van der Waals surface area contributed by atoms with Gasteiger partial charge in [-0.3, -0.25) is 9.59 Å². The Morgan fingerprint density at radius 1 is 0.707 bits per heavy atom. The number of hydrogen-bond donors (Lipinski definition) is 1. The Kier molecular flexibility index (Phi) is 7.14. The van der Waals surface area contributed by atoms with Crippen LogP contribution in [-0.4, -0.2) is 11.6 Å². The van der Waals surface area contributed by atoms with Crippen LogP contribution in [0.15, 0.2) is 104 Å². The summed E-state index contributed by atoms with van der Waals surface area (Å²) in [6.45, 7) is 8.62. The molecular formula is C35H34Br2N2O2. The SMILES string of the molecule is CC1(C)CC(=O)C(C2C3=C(CC(C)(C)CC3=O)N(c3ccc(Br)cc3)c3ccccc32)=C(Nc2ccc(Br)cc2)C1. The summed E-state index contributed by atoms with van der Waals surface area (Å²) >= 11 is 7.10. The van der Waals surface area contributed by atoms with Crippen molar-refractivity contribution in [3.05, 3.63) is 110 Å². The first-order valence-electron chi connectivity index (χ1n) is 14.1. The van der Waals surface area contributed by atoms with Gasteiger partial charge >= 0.3 is 0 Å². The first-order valence-corrected chi connectivity index (χ1v) is 15.7. The Morgan fingerprint density at radius 2 is 1.27 bits per heavy atom. The molecule has 0 spiro atoms. The van der Waals surface area contributed by atoms with Gasteiger partial charge in [0.1, 0.15) is 0 Å². The van der Waals surface area contributed by atoms with Crippen LogP contribution in [0.1, 0.15) is 64.9 Å². The Morgan fingerprint density at radius 3 is 1.93 bits per heavy atom. The molecule has 3 aromatic carbocycles. The number of anilines is 3. The van der Waals surface area contributed by atoms with Crippen LogP contribution in [0.5, 0.6) is 0 Å². The number of nitrogens with one attached hydrogen (secondary N) is 1. The first-order chi connectivity index (χ1) is 19.4. The summed E-state index contributed by atoms with van der Waals surface area (Å²) in [5, 5.41) is 3.63. The summed E-state index contributed by atoms with van der Waals surface area (Å²) in [6.07, 6.45) is 2.38. The minimum atomic E-state index is -0.418. The second-order valence-corrected chi connectivity index (χ2v) is 14.9. The van der Waals surface area contributed by atoms with E-state index in [0.29, 0.717) is 12.8 Å². The predicted molar refractivity (Wildman–Crippen MR) is 173 cm³/mol. The van der Waals surface area contributed by atoms with E-state index in [1.165, 1.54) is 0 Å². The summed E-state index contributed by atoms with van der Waals surface area (Å²) in [7, 11) is 0. The standard InChI is InChI=1S/C35H34Br2N2O2/c1-34(2)17-26(38-23-13-9-21(36)10-14-23)32(29(40)19-34)31-25-7-5-6-8-27(25)39(24-15-11-22(37)12-16-24)28-18-35(3,4)20-30(41)33(28)31/h5-16,31,38H,17-20H2,1-4H3. The molecule has 210 valence electrons. The highest BCUT2D eigenvalue weighted by molar-refractivity contribution is 9.10. The fourth-order valence-corrected chi connectivity index (χ4v) is 7.27. The molecule has 0 radical (unpaired) electrons. The molecule has 0 saturated heterocycles. The monoisotopic (exact) mass is 672 g/mol. The molecule has 0 amide bonds. The second kappa shape index (κ2) is 10.4. The number of para-hydroxylation sites is 1. The number of allylic oxidation sites excluding steroid dienone is 4. The molecule has 0 fully saturated rings. The third-order valence-electron chi connectivity index (χ3n) is 8.38. The number of hydrogen-bond acceptors (Lipinski definition) is 4. The number of fused-ring (bicyclic) bond motifs is 1. The zero-order valence-electron chi connectivity index (χ0n) is 23.9. The maximum atomic E-state index is 14.2. The molecule has 2 aliphatic carbocycles. The van der Waals surface area contributed by atoms with Crippen LogP contribution in [0, 0.1) is 10.8 Å². The predicted octanol–water partition coefficient (Wildman–Crippen LogP) is 9.85. The normalized spacial score (nSPS) is 21.5. The number of ketones is 2. The van der Waals surface area contributed by atoms with Gasteiger partial charge in [0.15, 0.2) is 11.6 Å². The summed E-state index contributed by atoms with van der Waals surface area (Å²) in [6, 6.07) is 24.6. The number of carbonyl (C=O) groups excluding carboxylic acids is 2. The molecule has 6 rings (SSSR count). The van der Waals surface area contributed by atoms with Gasteiger partial charge in [-0.15, -0.1) is 0 Å². The van der Waals surface area contributed by atoms with Crippen molar-refractivity contribution in [2.45, 2.75) is 59.3 Å². The number of nitrogens with zero attached hydrogens (tertiary/aromatic N) is 1. The molecule has 1 N–H and O–H groups in total. The molecular weight excluding hydrogens is 640 g/mol. The van der Waals surface area contributed by atoms with E-state index in [4.69, 9.17) is 0 Å². The number of Topliss-reactive ketones (excluding diaryl/α,β-unsaturated/α-hetero) is 2. The minimum absolute atomic E-state index is 0.113. The van der Waals surface area contributed by atoms with Crippen LogP contribution < -0.4 is 10.2 Å². The van der Waals surface area contributed by atoms with Gasteiger partial charge in [0.05, 0.1) is 0 Å². The zero-order valence-corrected chi connectivity index (χ0v) is 27.0. The molecule has 4 nitrogen and oxygen atoms in total. The lowest BCUT2D eigenvalue weighted by molar-refractivity contribution is -0.118. The summed E-state index contributed by atoms with van der Waals surface area (Å²) < 4.78 is 2.00. The zero-order chi connectivity index (χ0) is 29.1. The largest absolute Gasteiger partial charge is 0.359 e. The number of rotatable bonds is 4. The smallest absolute Gasteiger partial charge is 0.162 e. The molecule has 1 atom stereocenters. The van der Waals surface area contributed by atoms with E-state index < -0.39 is 5.92 Å². The fraction of sp³-hybridized carbons (Fsp3) is 0.314. The number of halogens is 2. The molecule has 41 heavy (non-hydrogen) atoms. The molecule has 1 unspecified atom stereocenters. The van der Waals surface area contributed by atoms with Gasteiger partial charge in [0.25, 0.3) is 0 Å². The highest BCUT2D eigenvalue weighted by atomic mass is 79.9. The molecule has 1 aliphatic heterocycles. The highest BCUT2D eigenvalue weighted by Crippen LogP contribution is 2.56. The Labute approximate surface area is 259 Å². The quantitative estimate of drug-likeness (QED) is 0.300. The molecule has 1 heterocycles. The van der Waals surface area contributed by atoms with Crippen molar-refractivity contribution in [1.29, 1.82) is 0 Å². The second-order valence-electron chi connectivity index (χ2n) is 13.1. The van der Waals surface area contributed by atoms with Crippen molar-refractivity contribution in [2.24, 2.45) is 10.8 Å². The van der Waals surface area contributed by atoms with Gasteiger partial charge in [-0.2, -0.15) is 0 Å². The third-order valence-corrected chi connectivity index (χ3v) is 9.43. The van der Waals surface area contributed by atoms with Crippen molar-refractivity contribution < 1.29 is 9.59 Å². The summed E-state index contributed by atoms with van der Waals surface area (Å²) in [5.74, 6) is -0.175. The fourth-order valence-electron chi connectivity index (χ4n) is 6.74. The molecule has 0 aromatic heterocycles. The average molecular weight is 674 g/mol. The number of benzene rings is 3. The number of carbonyl (C=O) groups is 2. The summed E-state index contributed by atoms with van der Waals surface area (Å²) in [4.78, 5) is 30.7. The van der Waals surface area contributed by atoms with Gasteiger partial charge < -0.3 is 10.2 Å². The summed E-state index contributed by atoms with van der Waals surface area (Å²) in [5.41, 5.74) is 7.00. The van der Waals surface area contributed by atoms with E-state index in [1.807, 2.05) is 48.5 Å². The Balaban J connectivity index is 1.62. The third kappa shape index (κ3) is 5.37. The van der Waals surface area contributed by atoms with Crippen molar-refractivity contribution in [3.63, 3.8) is 0 Å². The van der Waals surface area contributed by atoms with Crippen molar-refractivity contribution >= 4 is 60.5 Å². The van der Waals surface area contributed by atoms with Crippen molar-refractivity contribution in [3.8, 4) is 0 Å². The van der Waals surface area contributed by atoms with Gasteiger partial charge in [-0.05, 0) is 83.8 Å². The Bertz CT molecular complexity index is 1610. The van der Waals surface area contributed by atoms with Crippen LogP contribution in [0.4, 0.5) is 17.1 Å². The first kappa shape index (κ1) is 28.2. The van der Waals surface area contributed by atoms with Crippen LogP contribution in [0.2, 0.25) is 0 Å². The van der Waals surface area contributed by atoms with E-state index in [-0.39, 0.29) is 22.4 Å². The van der Waals surface area contributed by atoms with E-state index in [2.05, 4.69) is 94.0 Å². The van der Waals surface area contributed by atoms with Crippen LogP contribution in [-0.2, 0) is 9.59 Å². The molecule has 0 bridgehead atoms. The highest BCUT2D eigenvalue weighted by Gasteiger charge is 2.47. The van der Waals surface area contributed by atoms with Crippen molar-refractivity contribution in [2.75, 3.05) is 10.2 Å². The van der Waals surface area contributed by atoms with Crippen molar-refractivity contribution in [1.82, 2.24) is 0 Å². The lowest BCUT2D eigenvalue weighted by atomic mass is 9.64. The van der Waals surface area contributed by atoms with Gasteiger partial charge in [0, 0.05) is 67.3 Å². The maximum Gasteiger partial charge on any atom is 0.162 e. The van der Waals surface area contributed by atoms with Crippen LogP contribution in [0.3, 0.4) is 0 Å². The van der Waals surface area contributed by atoms with Gasteiger partial charge in [-0.1, -0.05) is 77.8 Å². The molecule has 3 aromatic rings. The van der Waals surface area contributed by atoms with Crippen LogP contribution >= 0.6 is 31.9 Å². The maximum absolute atomic E-state index is 14.2.